The van der Waals surface area contributed by atoms with Gasteiger partial charge in [-0.1, -0.05) is 6.07 Å². The summed E-state index contributed by atoms with van der Waals surface area (Å²) in [6.07, 6.45) is 0. The third-order valence-corrected chi connectivity index (χ3v) is 4.21. The summed E-state index contributed by atoms with van der Waals surface area (Å²) in [6, 6.07) is 5.76. The maximum Gasteiger partial charge on any atom is 0.254 e. The van der Waals surface area contributed by atoms with E-state index >= 15 is 0 Å². The van der Waals surface area contributed by atoms with Crippen LogP contribution in [0.4, 0.5) is 4.39 Å². The second kappa shape index (κ2) is 8.06. The molecular weight excluding hydrogens is 297 g/mol. The molecule has 1 aromatic rings. The molecule has 0 atom stereocenters. The Balaban J connectivity index is 1.86. The van der Waals surface area contributed by atoms with Crippen LogP contribution in [0.1, 0.15) is 24.2 Å². The van der Waals surface area contributed by atoms with Crippen LogP contribution in [0.15, 0.2) is 24.3 Å². The molecule has 2 rings (SSSR count). The Morgan fingerprint density at radius 1 is 1.13 bits per heavy atom. The van der Waals surface area contributed by atoms with E-state index in [1.165, 1.54) is 12.1 Å². The van der Waals surface area contributed by atoms with E-state index in [0.717, 1.165) is 0 Å². The minimum Gasteiger partial charge on any atom is -0.342 e. The van der Waals surface area contributed by atoms with Crippen molar-refractivity contribution in [2.45, 2.75) is 13.8 Å². The first kappa shape index (κ1) is 17.4. The second-order valence-corrected chi connectivity index (χ2v) is 5.64. The molecule has 126 valence electrons. The normalized spacial score (nSPS) is 15.5. The minimum absolute atomic E-state index is 0.125. The summed E-state index contributed by atoms with van der Waals surface area (Å²) in [5, 5.41) is 0. The molecule has 0 radical (unpaired) electrons. The van der Waals surface area contributed by atoms with Gasteiger partial charge in [0.15, 0.2) is 0 Å². The fourth-order valence-electron chi connectivity index (χ4n) is 2.78. The third kappa shape index (κ3) is 4.51. The number of nitrogens with zero attached hydrogens (tertiary/aromatic N) is 3. The van der Waals surface area contributed by atoms with Crippen LogP contribution in [0.3, 0.4) is 0 Å². The lowest BCUT2D eigenvalue weighted by atomic mass is 10.1. The molecule has 23 heavy (non-hydrogen) atoms. The molecule has 1 fully saturated rings. The van der Waals surface area contributed by atoms with E-state index in [9.17, 15) is 14.0 Å². The number of piperazine rings is 1. The van der Waals surface area contributed by atoms with Crippen molar-refractivity contribution in [1.29, 1.82) is 0 Å². The zero-order valence-corrected chi connectivity index (χ0v) is 13.8. The number of hydrogen-bond acceptors (Lipinski definition) is 3. The molecule has 0 saturated carbocycles. The second-order valence-electron chi connectivity index (χ2n) is 5.64. The first-order valence-corrected chi connectivity index (χ1v) is 8.10. The van der Waals surface area contributed by atoms with Crippen LogP contribution in [0.25, 0.3) is 0 Å². The van der Waals surface area contributed by atoms with Crippen LogP contribution in [0.5, 0.6) is 0 Å². The summed E-state index contributed by atoms with van der Waals surface area (Å²) in [4.78, 5) is 30.0. The van der Waals surface area contributed by atoms with E-state index in [1.54, 1.807) is 17.0 Å². The van der Waals surface area contributed by atoms with E-state index in [2.05, 4.69) is 4.90 Å². The van der Waals surface area contributed by atoms with Crippen LogP contribution in [-0.2, 0) is 4.79 Å². The highest BCUT2D eigenvalue weighted by atomic mass is 19.1. The molecule has 0 bridgehead atoms. The van der Waals surface area contributed by atoms with Gasteiger partial charge in [-0.3, -0.25) is 14.5 Å². The van der Waals surface area contributed by atoms with Crippen LogP contribution in [-0.4, -0.2) is 72.3 Å². The van der Waals surface area contributed by atoms with Gasteiger partial charge in [0.25, 0.3) is 5.91 Å². The fourth-order valence-corrected chi connectivity index (χ4v) is 2.78. The molecule has 1 aliphatic heterocycles. The first-order valence-electron chi connectivity index (χ1n) is 8.10. The van der Waals surface area contributed by atoms with Gasteiger partial charge in [0.2, 0.25) is 5.91 Å². The molecule has 0 aliphatic carbocycles. The highest BCUT2D eigenvalue weighted by Gasteiger charge is 2.24. The summed E-state index contributed by atoms with van der Waals surface area (Å²) in [5.41, 5.74) is 0.373. The molecule has 2 amide bonds. The van der Waals surface area contributed by atoms with E-state index in [0.29, 0.717) is 51.4 Å². The van der Waals surface area contributed by atoms with Crippen LogP contribution < -0.4 is 0 Å². The Morgan fingerprint density at radius 3 is 2.35 bits per heavy atom. The van der Waals surface area contributed by atoms with Gasteiger partial charge in [-0.05, 0) is 32.0 Å². The summed E-state index contributed by atoms with van der Waals surface area (Å²) < 4.78 is 13.2. The van der Waals surface area contributed by atoms with Gasteiger partial charge in [0.1, 0.15) is 5.82 Å². The van der Waals surface area contributed by atoms with Crippen molar-refractivity contribution in [3.63, 3.8) is 0 Å². The zero-order valence-electron chi connectivity index (χ0n) is 13.8. The monoisotopic (exact) mass is 321 g/mol. The van der Waals surface area contributed by atoms with Gasteiger partial charge in [-0.25, -0.2) is 4.39 Å². The van der Waals surface area contributed by atoms with Gasteiger partial charge in [0, 0.05) is 44.8 Å². The van der Waals surface area contributed by atoms with E-state index < -0.39 is 5.82 Å². The fraction of sp³-hybridized carbons (Fsp3) is 0.529. The predicted molar refractivity (Wildman–Crippen MR) is 86.7 cm³/mol. The topological polar surface area (TPSA) is 43.9 Å². The molecule has 1 saturated heterocycles. The van der Waals surface area contributed by atoms with Gasteiger partial charge < -0.3 is 9.80 Å². The maximum absolute atomic E-state index is 13.2. The van der Waals surface area contributed by atoms with E-state index in [1.807, 2.05) is 18.7 Å². The molecule has 0 aromatic heterocycles. The molecule has 1 heterocycles. The number of hydrogen-bond donors (Lipinski definition) is 0. The number of amides is 2. The first-order chi connectivity index (χ1) is 11.0. The summed E-state index contributed by atoms with van der Waals surface area (Å²) in [7, 11) is 0. The number of benzene rings is 1. The SMILES string of the molecule is CCN(CC)C(=O)CN1CCN(C(=O)c2cccc(F)c2)CC1. The van der Waals surface area contributed by atoms with Gasteiger partial charge in [-0.2, -0.15) is 0 Å². The van der Waals surface area contributed by atoms with Crippen LogP contribution in [0, 0.1) is 5.82 Å². The zero-order chi connectivity index (χ0) is 16.8. The summed E-state index contributed by atoms with van der Waals surface area (Å²) >= 11 is 0. The Bertz CT molecular complexity index is 553. The van der Waals surface area contributed by atoms with Crippen LogP contribution >= 0.6 is 0 Å². The smallest absolute Gasteiger partial charge is 0.254 e. The quantitative estimate of drug-likeness (QED) is 0.824. The van der Waals surface area contributed by atoms with Crippen molar-refractivity contribution in [3.05, 3.63) is 35.6 Å². The number of carbonyl (C=O) groups excluding carboxylic acids is 2. The van der Waals surface area contributed by atoms with Crippen molar-refractivity contribution in [3.8, 4) is 0 Å². The molecule has 5 nitrogen and oxygen atoms in total. The number of halogens is 1. The molecule has 0 N–H and O–H groups in total. The Labute approximate surface area is 136 Å². The van der Waals surface area contributed by atoms with Gasteiger partial charge in [0.05, 0.1) is 6.54 Å². The van der Waals surface area contributed by atoms with Crippen molar-refractivity contribution in [2.75, 3.05) is 45.8 Å². The lowest BCUT2D eigenvalue weighted by Gasteiger charge is -2.35. The van der Waals surface area contributed by atoms with Gasteiger partial charge in [-0.15, -0.1) is 0 Å². The van der Waals surface area contributed by atoms with Crippen molar-refractivity contribution < 1.29 is 14.0 Å². The summed E-state index contributed by atoms with van der Waals surface area (Å²) in [5.74, 6) is -0.432. The predicted octanol–water partition coefficient (Wildman–Crippen LogP) is 1.45. The molecular formula is C17H24FN3O2. The number of rotatable bonds is 5. The Kier molecular flexibility index (Phi) is 6.10. The molecule has 6 heteroatoms. The Morgan fingerprint density at radius 2 is 1.78 bits per heavy atom. The third-order valence-electron chi connectivity index (χ3n) is 4.21. The number of carbonyl (C=O) groups is 2. The highest BCUT2D eigenvalue weighted by Crippen LogP contribution is 2.10. The minimum atomic E-state index is -0.403. The average molecular weight is 321 g/mol. The lowest BCUT2D eigenvalue weighted by molar-refractivity contribution is -0.132. The molecule has 0 unspecified atom stereocenters. The van der Waals surface area contributed by atoms with E-state index in [4.69, 9.17) is 0 Å². The Hall–Kier alpha value is -1.95. The summed E-state index contributed by atoms with van der Waals surface area (Å²) in [6.45, 7) is 8.20. The van der Waals surface area contributed by atoms with Crippen LogP contribution in [0.2, 0.25) is 0 Å². The van der Waals surface area contributed by atoms with Crippen molar-refractivity contribution in [2.24, 2.45) is 0 Å². The standard InChI is InChI=1S/C17H24FN3O2/c1-3-20(4-2)16(22)13-19-8-10-21(11-9-19)17(23)14-6-5-7-15(18)12-14/h5-7,12H,3-4,8-11,13H2,1-2H3. The van der Waals surface area contributed by atoms with Crippen molar-refractivity contribution >= 4 is 11.8 Å². The highest BCUT2D eigenvalue weighted by molar-refractivity contribution is 5.94. The maximum atomic E-state index is 13.2. The average Bonchev–Trinajstić information content (AvgIpc) is 2.56. The van der Waals surface area contributed by atoms with E-state index in [-0.39, 0.29) is 11.8 Å². The van der Waals surface area contributed by atoms with Crippen molar-refractivity contribution in [1.82, 2.24) is 14.7 Å². The number of likely N-dealkylation sites (N-methyl/N-ethyl adjacent to an activating group) is 1. The lowest BCUT2D eigenvalue weighted by Crippen LogP contribution is -2.51. The molecule has 0 spiro atoms. The molecule has 1 aromatic carbocycles. The molecule has 1 aliphatic rings. The largest absolute Gasteiger partial charge is 0.342 e. The van der Waals surface area contributed by atoms with Gasteiger partial charge >= 0.3 is 0 Å².